The van der Waals surface area contributed by atoms with Crippen molar-refractivity contribution in [2.24, 2.45) is 0 Å². The maximum absolute atomic E-state index is 12.8. The highest BCUT2D eigenvalue weighted by atomic mass is 32.2. The number of rotatable bonds is 8. The van der Waals surface area contributed by atoms with Crippen molar-refractivity contribution >= 4 is 27.7 Å². The van der Waals surface area contributed by atoms with Gasteiger partial charge in [0.2, 0.25) is 15.9 Å². The maximum Gasteiger partial charge on any atom is 0.387 e. The Kier molecular flexibility index (Phi) is 7.90. The Labute approximate surface area is 185 Å². The van der Waals surface area contributed by atoms with Crippen molar-refractivity contribution in [1.82, 2.24) is 9.21 Å². The minimum absolute atomic E-state index is 0.101. The fourth-order valence-electron chi connectivity index (χ4n) is 3.27. The van der Waals surface area contributed by atoms with Gasteiger partial charge in [0.1, 0.15) is 5.75 Å². The van der Waals surface area contributed by atoms with E-state index in [1.54, 1.807) is 60.4 Å². The second kappa shape index (κ2) is 10.4. The lowest BCUT2D eigenvalue weighted by Gasteiger charge is -2.35. The van der Waals surface area contributed by atoms with Gasteiger partial charge in [0.05, 0.1) is 10.1 Å². The van der Waals surface area contributed by atoms with E-state index >= 15 is 0 Å². The number of piperazine rings is 1. The Balaban J connectivity index is 1.54. The van der Waals surface area contributed by atoms with Gasteiger partial charge >= 0.3 is 6.61 Å². The normalized spacial score (nSPS) is 16.3. The number of carbonyl (C=O) groups is 1. The van der Waals surface area contributed by atoms with Crippen LogP contribution in [0.1, 0.15) is 12.5 Å². The molecule has 2 aromatic carbocycles. The van der Waals surface area contributed by atoms with E-state index in [0.717, 1.165) is 0 Å². The molecule has 0 saturated carbocycles. The van der Waals surface area contributed by atoms with Crippen molar-refractivity contribution in [3.63, 3.8) is 0 Å². The van der Waals surface area contributed by atoms with Crippen LogP contribution in [0.2, 0.25) is 0 Å². The van der Waals surface area contributed by atoms with E-state index in [0.29, 0.717) is 24.4 Å². The Morgan fingerprint density at radius 1 is 1.03 bits per heavy atom. The second-order valence-electron chi connectivity index (χ2n) is 6.98. The second-order valence-corrected chi connectivity index (χ2v) is 10.2. The first-order valence-corrected chi connectivity index (χ1v) is 12.3. The van der Waals surface area contributed by atoms with Crippen LogP contribution >= 0.6 is 11.8 Å². The maximum atomic E-state index is 12.8. The standard InChI is InChI=1S/C21H24F2N2O4S2/c1-16(30-15-17-7-5-6-10-19(17)29-21(22)23)20(26)24-11-13-25(14-12-24)31(27,28)18-8-3-2-4-9-18/h2-10,16,21H,11-15H2,1H3/t16-/m0/s1. The van der Waals surface area contributed by atoms with Crippen LogP contribution in [-0.2, 0) is 20.6 Å². The predicted octanol–water partition coefficient (Wildman–Crippen LogP) is 3.44. The quantitative estimate of drug-likeness (QED) is 0.591. The molecule has 1 fully saturated rings. The first kappa shape index (κ1) is 23.5. The van der Waals surface area contributed by atoms with Crippen LogP contribution in [0.5, 0.6) is 5.75 Å². The van der Waals surface area contributed by atoms with Gasteiger partial charge in [-0.15, -0.1) is 11.8 Å². The molecule has 0 bridgehead atoms. The van der Waals surface area contributed by atoms with Gasteiger partial charge in [-0.2, -0.15) is 13.1 Å². The number of thioether (sulfide) groups is 1. The highest BCUT2D eigenvalue weighted by Crippen LogP contribution is 2.27. The first-order valence-electron chi connectivity index (χ1n) is 9.77. The van der Waals surface area contributed by atoms with Crippen LogP contribution < -0.4 is 4.74 Å². The molecule has 3 rings (SSSR count). The monoisotopic (exact) mass is 470 g/mol. The molecule has 0 radical (unpaired) electrons. The topological polar surface area (TPSA) is 66.9 Å². The first-order chi connectivity index (χ1) is 14.8. The van der Waals surface area contributed by atoms with Gasteiger partial charge in [-0.25, -0.2) is 8.42 Å². The number of para-hydroxylation sites is 1. The van der Waals surface area contributed by atoms with E-state index in [-0.39, 0.29) is 29.6 Å². The Bertz CT molecular complexity index is 982. The average Bonchev–Trinajstić information content (AvgIpc) is 2.78. The van der Waals surface area contributed by atoms with Gasteiger partial charge in [0, 0.05) is 37.5 Å². The van der Waals surface area contributed by atoms with E-state index in [2.05, 4.69) is 4.74 Å². The van der Waals surface area contributed by atoms with Gasteiger partial charge < -0.3 is 9.64 Å². The number of amides is 1. The third-order valence-electron chi connectivity index (χ3n) is 4.96. The number of sulfonamides is 1. The number of benzene rings is 2. The van der Waals surface area contributed by atoms with E-state index in [9.17, 15) is 22.0 Å². The van der Waals surface area contributed by atoms with Crippen molar-refractivity contribution in [2.45, 2.75) is 29.4 Å². The average molecular weight is 471 g/mol. The number of hydrogen-bond donors (Lipinski definition) is 0. The SMILES string of the molecule is C[C@H](SCc1ccccc1OC(F)F)C(=O)N1CCN(S(=O)(=O)c2ccccc2)CC1. The van der Waals surface area contributed by atoms with Crippen LogP contribution in [0.4, 0.5) is 8.78 Å². The third-order valence-corrected chi connectivity index (χ3v) is 8.05. The molecule has 168 valence electrons. The molecular weight excluding hydrogens is 446 g/mol. The molecule has 1 saturated heterocycles. The highest BCUT2D eigenvalue weighted by Gasteiger charge is 2.31. The van der Waals surface area contributed by atoms with E-state index in [4.69, 9.17) is 0 Å². The number of hydrogen-bond acceptors (Lipinski definition) is 5. The Hall–Kier alpha value is -2.17. The van der Waals surface area contributed by atoms with Crippen molar-refractivity contribution in [3.05, 3.63) is 60.2 Å². The molecule has 0 spiro atoms. The van der Waals surface area contributed by atoms with Crippen molar-refractivity contribution in [1.29, 1.82) is 0 Å². The van der Waals surface area contributed by atoms with Gasteiger partial charge in [0.25, 0.3) is 0 Å². The lowest BCUT2D eigenvalue weighted by molar-refractivity contribution is -0.131. The van der Waals surface area contributed by atoms with Gasteiger partial charge in [-0.05, 0) is 25.1 Å². The molecule has 1 aliphatic rings. The Morgan fingerprint density at radius 2 is 1.65 bits per heavy atom. The molecule has 2 aromatic rings. The zero-order valence-corrected chi connectivity index (χ0v) is 18.6. The lowest BCUT2D eigenvalue weighted by Crippen LogP contribution is -2.52. The zero-order valence-electron chi connectivity index (χ0n) is 17.0. The van der Waals surface area contributed by atoms with Crippen molar-refractivity contribution < 1.29 is 26.7 Å². The summed E-state index contributed by atoms with van der Waals surface area (Å²) in [5.74, 6) is 0.344. The lowest BCUT2D eigenvalue weighted by atomic mass is 10.2. The number of halogens is 2. The molecule has 0 N–H and O–H groups in total. The van der Waals surface area contributed by atoms with Gasteiger partial charge in [0.15, 0.2) is 0 Å². The Morgan fingerprint density at radius 3 is 2.29 bits per heavy atom. The third kappa shape index (κ3) is 5.96. The van der Waals surface area contributed by atoms with Crippen LogP contribution in [0.3, 0.4) is 0 Å². The molecule has 1 aliphatic heterocycles. The highest BCUT2D eigenvalue weighted by molar-refractivity contribution is 7.99. The van der Waals surface area contributed by atoms with Gasteiger partial charge in [-0.3, -0.25) is 4.79 Å². The van der Waals surface area contributed by atoms with E-state index < -0.39 is 21.9 Å². The zero-order chi connectivity index (χ0) is 22.4. The summed E-state index contributed by atoms with van der Waals surface area (Å²) in [6, 6.07) is 14.7. The summed E-state index contributed by atoms with van der Waals surface area (Å²) in [6.45, 7) is -0.0800. The minimum atomic E-state index is -3.58. The summed E-state index contributed by atoms with van der Waals surface area (Å²) in [6.07, 6.45) is 0. The molecule has 1 amide bonds. The number of carbonyl (C=O) groups excluding carboxylic acids is 1. The van der Waals surface area contributed by atoms with Crippen LogP contribution in [0.15, 0.2) is 59.5 Å². The molecule has 0 aromatic heterocycles. The number of ether oxygens (including phenoxy) is 1. The van der Waals surface area contributed by atoms with Crippen LogP contribution in [0, 0.1) is 0 Å². The number of nitrogens with zero attached hydrogens (tertiary/aromatic N) is 2. The van der Waals surface area contributed by atoms with Crippen molar-refractivity contribution in [3.8, 4) is 5.75 Å². The smallest absolute Gasteiger partial charge is 0.387 e. The van der Waals surface area contributed by atoms with E-state index in [1.807, 2.05) is 0 Å². The molecule has 1 atom stereocenters. The summed E-state index contributed by atoms with van der Waals surface area (Å²) in [5.41, 5.74) is 0.589. The summed E-state index contributed by atoms with van der Waals surface area (Å²) >= 11 is 1.33. The molecule has 6 nitrogen and oxygen atoms in total. The van der Waals surface area contributed by atoms with Crippen LogP contribution in [0.25, 0.3) is 0 Å². The van der Waals surface area contributed by atoms with E-state index in [1.165, 1.54) is 22.1 Å². The summed E-state index contributed by atoms with van der Waals surface area (Å²) in [7, 11) is -3.58. The van der Waals surface area contributed by atoms with Gasteiger partial charge in [-0.1, -0.05) is 36.4 Å². The molecule has 10 heteroatoms. The molecule has 0 aliphatic carbocycles. The van der Waals surface area contributed by atoms with Crippen molar-refractivity contribution in [2.75, 3.05) is 26.2 Å². The largest absolute Gasteiger partial charge is 0.435 e. The summed E-state index contributed by atoms with van der Waals surface area (Å²) in [5, 5.41) is -0.406. The molecular formula is C21H24F2N2O4S2. The number of alkyl halides is 2. The predicted molar refractivity (Wildman–Crippen MR) is 116 cm³/mol. The van der Waals surface area contributed by atoms with Crippen LogP contribution in [-0.4, -0.2) is 61.6 Å². The summed E-state index contributed by atoms with van der Waals surface area (Å²) in [4.78, 5) is 14.7. The fourth-order valence-corrected chi connectivity index (χ4v) is 5.67. The molecule has 31 heavy (non-hydrogen) atoms. The minimum Gasteiger partial charge on any atom is -0.435 e. The molecule has 1 heterocycles. The fraction of sp³-hybridized carbons (Fsp3) is 0.381. The molecule has 0 unspecified atom stereocenters. The summed E-state index contributed by atoms with van der Waals surface area (Å²) < 4.78 is 56.5.